The van der Waals surface area contributed by atoms with Crippen LogP contribution in [0, 0.1) is 13.8 Å². The highest BCUT2D eigenvalue weighted by molar-refractivity contribution is 6.13. The number of aryl methyl sites for hydroxylation is 2. The lowest BCUT2D eigenvalue weighted by Gasteiger charge is -2.09. The van der Waals surface area contributed by atoms with E-state index in [-0.39, 0.29) is 36.6 Å². The molecule has 7 heteroatoms. The van der Waals surface area contributed by atoms with Crippen molar-refractivity contribution in [2.24, 2.45) is 7.05 Å². The number of esters is 2. The van der Waals surface area contributed by atoms with Crippen LogP contribution in [-0.2, 0) is 27.7 Å². The van der Waals surface area contributed by atoms with Crippen LogP contribution in [0.15, 0.2) is 18.2 Å². The maximum atomic E-state index is 13.1. The SMILES string of the molecule is CCOC(=O)Cc1c(C(=O)OCC)c(O)c(C(=O)c2ccc(C)cc2C)n1C. The number of hydrogen-bond acceptors (Lipinski definition) is 6. The van der Waals surface area contributed by atoms with E-state index in [0.717, 1.165) is 11.1 Å². The van der Waals surface area contributed by atoms with Crippen molar-refractivity contribution in [3.63, 3.8) is 0 Å². The standard InChI is InChI=1S/C21H25NO6/c1-6-27-16(23)11-15-17(21(26)28-7-2)20(25)18(22(15)5)19(24)14-9-8-12(3)10-13(14)4/h8-10,25H,6-7,11H2,1-5H3. The zero-order valence-electron chi connectivity index (χ0n) is 16.8. The molecule has 0 saturated carbocycles. The number of ether oxygens (including phenoxy) is 2. The maximum absolute atomic E-state index is 13.1. The average molecular weight is 387 g/mol. The molecule has 0 atom stereocenters. The van der Waals surface area contributed by atoms with E-state index >= 15 is 0 Å². The molecule has 150 valence electrons. The van der Waals surface area contributed by atoms with Crippen molar-refractivity contribution in [3.05, 3.63) is 51.8 Å². The van der Waals surface area contributed by atoms with Crippen molar-refractivity contribution in [2.45, 2.75) is 34.1 Å². The van der Waals surface area contributed by atoms with Gasteiger partial charge in [-0.25, -0.2) is 4.79 Å². The number of hydrogen-bond donors (Lipinski definition) is 1. The molecule has 7 nitrogen and oxygen atoms in total. The van der Waals surface area contributed by atoms with Crippen molar-refractivity contribution < 1.29 is 29.0 Å². The molecule has 0 aliphatic carbocycles. The summed E-state index contributed by atoms with van der Waals surface area (Å²) in [6.45, 7) is 7.28. The molecule has 0 aliphatic rings. The van der Waals surface area contributed by atoms with Crippen LogP contribution in [0.1, 0.15) is 57.1 Å². The molecule has 0 unspecified atom stereocenters. The molecule has 0 aliphatic heterocycles. The first-order chi connectivity index (χ1) is 13.2. The number of aromatic hydroxyl groups is 1. The molecule has 0 bridgehead atoms. The minimum absolute atomic E-state index is 0.0747. The van der Waals surface area contributed by atoms with E-state index in [9.17, 15) is 19.5 Å². The van der Waals surface area contributed by atoms with Crippen LogP contribution in [0.25, 0.3) is 0 Å². The molecule has 1 heterocycles. The predicted molar refractivity (Wildman–Crippen MR) is 103 cm³/mol. The predicted octanol–water partition coefficient (Wildman–Crippen LogP) is 2.86. The topological polar surface area (TPSA) is 94.8 Å². The lowest BCUT2D eigenvalue weighted by atomic mass is 10.00. The van der Waals surface area contributed by atoms with Gasteiger partial charge in [-0.2, -0.15) is 0 Å². The Morgan fingerprint density at radius 2 is 1.71 bits per heavy atom. The summed E-state index contributed by atoms with van der Waals surface area (Å²) in [6, 6.07) is 5.33. The van der Waals surface area contributed by atoms with Crippen LogP contribution in [0.5, 0.6) is 5.75 Å². The van der Waals surface area contributed by atoms with Gasteiger partial charge in [0.15, 0.2) is 5.75 Å². The quantitative estimate of drug-likeness (QED) is 0.580. The van der Waals surface area contributed by atoms with Gasteiger partial charge in [0, 0.05) is 18.3 Å². The minimum atomic E-state index is -0.797. The highest BCUT2D eigenvalue weighted by Gasteiger charge is 2.32. The van der Waals surface area contributed by atoms with Crippen molar-refractivity contribution in [2.75, 3.05) is 13.2 Å². The molecule has 0 fully saturated rings. The number of rotatable bonds is 7. The fourth-order valence-corrected chi connectivity index (χ4v) is 3.15. The van der Waals surface area contributed by atoms with Gasteiger partial charge >= 0.3 is 11.9 Å². The lowest BCUT2D eigenvalue weighted by molar-refractivity contribution is -0.142. The summed E-state index contributed by atoms with van der Waals surface area (Å²) in [4.78, 5) is 37.5. The van der Waals surface area contributed by atoms with Gasteiger partial charge in [-0.05, 0) is 33.3 Å². The average Bonchev–Trinajstić information content (AvgIpc) is 2.85. The van der Waals surface area contributed by atoms with E-state index in [0.29, 0.717) is 5.56 Å². The molecule has 1 aromatic heterocycles. The van der Waals surface area contributed by atoms with E-state index < -0.39 is 23.5 Å². The third-order valence-corrected chi connectivity index (χ3v) is 4.43. The van der Waals surface area contributed by atoms with E-state index in [1.54, 1.807) is 32.9 Å². The molecular formula is C21H25NO6. The second kappa shape index (κ2) is 8.73. The summed E-state index contributed by atoms with van der Waals surface area (Å²) in [6.07, 6.45) is -0.272. The Bertz CT molecular complexity index is 925. The van der Waals surface area contributed by atoms with Gasteiger partial charge in [0.2, 0.25) is 5.78 Å². The number of ketones is 1. The number of benzene rings is 1. The Labute approximate surface area is 163 Å². The Morgan fingerprint density at radius 3 is 2.29 bits per heavy atom. The largest absolute Gasteiger partial charge is 0.505 e. The minimum Gasteiger partial charge on any atom is -0.505 e. The maximum Gasteiger partial charge on any atom is 0.343 e. The highest BCUT2D eigenvalue weighted by Crippen LogP contribution is 2.32. The molecule has 2 rings (SSSR count). The Kier molecular flexibility index (Phi) is 6.62. The number of carbonyl (C=O) groups is 3. The smallest absolute Gasteiger partial charge is 0.343 e. The Morgan fingerprint density at radius 1 is 1.07 bits per heavy atom. The molecule has 0 radical (unpaired) electrons. The lowest BCUT2D eigenvalue weighted by Crippen LogP contribution is -2.16. The summed E-state index contributed by atoms with van der Waals surface area (Å²) >= 11 is 0. The van der Waals surface area contributed by atoms with Crippen LogP contribution in [0.2, 0.25) is 0 Å². The van der Waals surface area contributed by atoms with Crippen molar-refractivity contribution in [1.82, 2.24) is 4.57 Å². The van der Waals surface area contributed by atoms with E-state index in [2.05, 4.69) is 0 Å². The second-order valence-corrected chi connectivity index (χ2v) is 6.43. The zero-order chi connectivity index (χ0) is 21.0. The zero-order valence-corrected chi connectivity index (χ0v) is 16.8. The first kappa shape index (κ1) is 21.2. The Hall–Kier alpha value is -3.09. The summed E-state index contributed by atoms with van der Waals surface area (Å²) < 4.78 is 11.3. The van der Waals surface area contributed by atoms with Gasteiger partial charge in [-0.3, -0.25) is 9.59 Å². The molecule has 28 heavy (non-hydrogen) atoms. The number of nitrogens with zero attached hydrogens (tertiary/aromatic N) is 1. The number of aromatic nitrogens is 1. The van der Waals surface area contributed by atoms with Gasteiger partial charge in [0.05, 0.1) is 19.6 Å². The molecule has 0 saturated heterocycles. The van der Waals surface area contributed by atoms with Crippen LogP contribution in [-0.4, -0.2) is 40.6 Å². The monoisotopic (exact) mass is 387 g/mol. The fourth-order valence-electron chi connectivity index (χ4n) is 3.15. The van der Waals surface area contributed by atoms with Gasteiger partial charge in [0.1, 0.15) is 11.3 Å². The first-order valence-corrected chi connectivity index (χ1v) is 9.08. The third kappa shape index (κ3) is 4.08. The molecule has 1 aromatic carbocycles. The third-order valence-electron chi connectivity index (χ3n) is 4.43. The van der Waals surface area contributed by atoms with Crippen LogP contribution >= 0.6 is 0 Å². The van der Waals surface area contributed by atoms with Crippen LogP contribution < -0.4 is 0 Å². The normalized spacial score (nSPS) is 10.6. The van der Waals surface area contributed by atoms with Crippen molar-refractivity contribution >= 4 is 17.7 Å². The van der Waals surface area contributed by atoms with Gasteiger partial charge in [-0.1, -0.05) is 23.8 Å². The second-order valence-electron chi connectivity index (χ2n) is 6.43. The molecular weight excluding hydrogens is 362 g/mol. The van der Waals surface area contributed by atoms with Gasteiger partial charge in [0.25, 0.3) is 0 Å². The van der Waals surface area contributed by atoms with Crippen molar-refractivity contribution in [1.29, 1.82) is 0 Å². The summed E-state index contributed by atoms with van der Waals surface area (Å²) in [5.74, 6) is -2.31. The van der Waals surface area contributed by atoms with E-state index in [1.165, 1.54) is 11.6 Å². The van der Waals surface area contributed by atoms with Crippen LogP contribution in [0.4, 0.5) is 0 Å². The van der Waals surface area contributed by atoms with E-state index in [4.69, 9.17) is 9.47 Å². The summed E-state index contributed by atoms with van der Waals surface area (Å²) in [7, 11) is 1.52. The van der Waals surface area contributed by atoms with Gasteiger partial charge < -0.3 is 19.1 Å². The molecule has 0 amide bonds. The van der Waals surface area contributed by atoms with Gasteiger partial charge in [-0.15, -0.1) is 0 Å². The fraction of sp³-hybridized carbons (Fsp3) is 0.381. The number of carbonyl (C=O) groups excluding carboxylic acids is 3. The molecule has 2 aromatic rings. The molecule has 1 N–H and O–H groups in total. The van der Waals surface area contributed by atoms with Crippen molar-refractivity contribution in [3.8, 4) is 5.75 Å². The summed E-state index contributed by atoms with van der Waals surface area (Å²) in [5.41, 5.74) is 2.05. The van der Waals surface area contributed by atoms with Crippen LogP contribution in [0.3, 0.4) is 0 Å². The Balaban J connectivity index is 2.62. The first-order valence-electron chi connectivity index (χ1n) is 9.08. The highest BCUT2D eigenvalue weighted by atomic mass is 16.5. The molecule has 0 spiro atoms. The summed E-state index contributed by atoms with van der Waals surface area (Å²) in [5, 5.41) is 10.7. The van der Waals surface area contributed by atoms with E-state index in [1.807, 2.05) is 13.0 Å².